The normalized spacial score (nSPS) is 19.9. The third-order valence-corrected chi connectivity index (χ3v) is 3.69. The lowest BCUT2D eigenvalue weighted by atomic mass is 10.2. The third-order valence-electron chi connectivity index (χ3n) is 3.46. The van der Waals surface area contributed by atoms with Crippen LogP contribution in [0.2, 0.25) is 5.02 Å². The summed E-state index contributed by atoms with van der Waals surface area (Å²) in [4.78, 5) is 22.3. The lowest BCUT2D eigenvalue weighted by Gasteiger charge is -2.09. The Bertz CT molecular complexity index is 546. The summed E-state index contributed by atoms with van der Waals surface area (Å²) in [6.07, 6.45) is 1.11. The molecule has 1 fully saturated rings. The first-order valence-corrected chi connectivity index (χ1v) is 7.26. The largest absolute Gasteiger partial charge is 0.493 e. The van der Waals surface area contributed by atoms with Gasteiger partial charge in [0, 0.05) is 11.6 Å². The minimum atomic E-state index is -0.892. The van der Waals surface area contributed by atoms with E-state index in [2.05, 4.69) is 5.32 Å². The van der Waals surface area contributed by atoms with Crippen LogP contribution < -0.4 is 10.1 Å². The molecule has 1 aliphatic rings. The second-order valence-electron chi connectivity index (χ2n) is 5.19. The molecule has 1 amide bonds. The highest BCUT2D eigenvalue weighted by Gasteiger charge is 2.48. The highest BCUT2D eigenvalue weighted by Crippen LogP contribution is 2.38. The molecule has 2 atom stereocenters. The molecule has 1 aromatic carbocycles. The number of carbonyl (C=O) groups excluding carboxylic acids is 1. The number of carboxylic acid groups (broad SMARTS) is 1. The SMILES string of the molecule is Cc1cc(Cl)ccc1OCCCNC(=O)C1CC1C(=O)O. The molecular weight excluding hydrogens is 294 g/mol. The lowest BCUT2D eigenvalue weighted by Crippen LogP contribution is -2.28. The van der Waals surface area contributed by atoms with Gasteiger partial charge < -0.3 is 15.2 Å². The standard InChI is InChI=1S/C15H18ClNO4/c1-9-7-10(16)3-4-13(9)21-6-2-5-17-14(18)11-8-12(11)15(19)20/h3-4,7,11-12H,2,5-6,8H2,1H3,(H,17,18)(H,19,20). The summed E-state index contributed by atoms with van der Waals surface area (Å²) in [5.41, 5.74) is 0.966. The average Bonchev–Trinajstić information content (AvgIpc) is 3.21. The predicted molar refractivity (Wildman–Crippen MR) is 78.5 cm³/mol. The van der Waals surface area contributed by atoms with E-state index in [1.54, 1.807) is 6.07 Å². The number of halogens is 1. The summed E-state index contributed by atoms with van der Waals surface area (Å²) >= 11 is 5.86. The summed E-state index contributed by atoms with van der Waals surface area (Å²) < 4.78 is 5.60. The first-order valence-electron chi connectivity index (χ1n) is 6.88. The second kappa shape index (κ2) is 6.80. The molecule has 0 aromatic heterocycles. The van der Waals surface area contributed by atoms with Crippen LogP contribution in [0.4, 0.5) is 0 Å². The van der Waals surface area contributed by atoms with Gasteiger partial charge in [-0.15, -0.1) is 0 Å². The maximum Gasteiger partial charge on any atom is 0.307 e. The van der Waals surface area contributed by atoms with Crippen LogP contribution in [0.15, 0.2) is 18.2 Å². The first-order chi connectivity index (χ1) is 9.99. The van der Waals surface area contributed by atoms with E-state index in [0.717, 1.165) is 11.3 Å². The van der Waals surface area contributed by atoms with Gasteiger partial charge in [-0.3, -0.25) is 9.59 Å². The summed E-state index contributed by atoms with van der Waals surface area (Å²) in [7, 11) is 0. The van der Waals surface area contributed by atoms with Gasteiger partial charge in [-0.2, -0.15) is 0 Å². The fourth-order valence-electron chi connectivity index (χ4n) is 2.13. The van der Waals surface area contributed by atoms with Crippen molar-refractivity contribution in [2.24, 2.45) is 11.8 Å². The van der Waals surface area contributed by atoms with Crippen molar-refractivity contribution in [3.8, 4) is 5.75 Å². The summed E-state index contributed by atoms with van der Waals surface area (Å²) in [6.45, 7) is 2.88. The van der Waals surface area contributed by atoms with Gasteiger partial charge in [0.05, 0.1) is 18.4 Å². The van der Waals surface area contributed by atoms with Gasteiger partial charge in [-0.1, -0.05) is 11.6 Å². The van der Waals surface area contributed by atoms with Crippen molar-refractivity contribution in [3.05, 3.63) is 28.8 Å². The van der Waals surface area contributed by atoms with E-state index in [0.29, 0.717) is 31.0 Å². The monoisotopic (exact) mass is 311 g/mol. The van der Waals surface area contributed by atoms with Crippen LogP contribution in [0.3, 0.4) is 0 Å². The van der Waals surface area contributed by atoms with Gasteiger partial charge in [-0.25, -0.2) is 0 Å². The number of carbonyl (C=O) groups is 2. The van der Waals surface area contributed by atoms with Crippen LogP contribution in [0.25, 0.3) is 0 Å². The highest BCUT2D eigenvalue weighted by molar-refractivity contribution is 6.30. The van der Waals surface area contributed by atoms with Crippen LogP contribution in [0, 0.1) is 18.8 Å². The second-order valence-corrected chi connectivity index (χ2v) is 5.63. The molecule has 5 nitrogen and oxygen atoms in total. The Hall–Kier alpha value is -1.75. The van der Waals surface area contributed by atoms with Crippen molar-refractivity contribution in [2.75, 3.05) is 13.2 Å². The van der Waals surface area contributed by atoms with Crippen LogP contribution in [0.5, 0.6) is 5.75 Å². The average molecular weight is 312 g/mol. The minimum absolute atomic E-state index is 0.176. The number of amides is 1. The number of benzene rings is 1. The van der Waals surface area contributed by atoms with E-state index in [4.69, 9.17) is 21.4 Å². The van der Waals surface area contributed by atoms with Gasteiger partial charge >= 0.3 is 5.97 Å². The molecule has 2 N–H and O–H groups in total. The van der Waals surface area contributed by atoms with Gasteiger partial charge in [0.1, 0.15) is 5.75 Å². The van der Waals surface area contributed by atoms with E-state index in [1.807, 2.05) is 19.1 Å². The van der Waals surface area contributed by atoms with Crippen molar-refractivity contribution >= 4 is 23.5 Å². The number of carboxylic acids is 1. The molecular formula is C15H18ClNO4. The summed E-state index contributed by atoms with van der Waals surface area (Å²) in [5, 5.41) is 12.2. The van der Waals surface area contributed by atoms with Crippen molar-refractivity contribution in [2.45, 2.75) is 19.8 Å². The maximum absolute atomic E-state index is 11.6. The predicted octanol–water partition coefficient (Wildman–Crippen LogP) is 2.25. The molecule has 114 valence electrons. The number of rotatable bonds is 7. The molecule has 2 unspecified atom stereocenters. The van der Waals surface area contributed by atoms with Gasteiger partial charge in [0.25, 0.3) is 0 Å². The topological polar surface area (TPSA) is 75.6 Å². The highest BCUT2D eigenvalue weighted by atomic mass is 35.5. The molecule has 0 radical (unpaired) electrons. The van der Waals surface area contributed by atoms with E-state index in [1.165, 1.54) is 0 Å². The van der Waals surface area contributed by atoms with Crippen molar-refractivity contribution < 1.29 is 19.4 Å². The van der Waals surface area contributed by atoms with E-state index in [-0.39, 0.29) is 11.8 Å². The van der Waals surface area contributed by atoms with Gasteiger partial charge in [0.2, 0.25) is 5.91 Å². The van der Waals surface area contributed by atoms with Gasteiger partial charge in [0.15, 0.2) is 0 Å². The van der Waals surface area contributed by atoms with E-state index >= 15 is 0 Å². The molecule has 0 saturated heterocycles. The molecule has 0 spiro atoms. The Morgan fingerprint density at radius 3 is 2.81 bits per heavy atom. The summed E-state index contributed by atoms with van der Waals surface area (Å²) in [6, 6.07) is 5.42. The fourth-order valence-corrected chi connectivity index (χ4v) is 2.36. The van der Waals surface area contributed by atoms with Crippen molar-refractivity contribution in [1.82, 2.24) is 5.32 Å². The lowest BCUT2D eigenvalue weighted by molar-refractivity contribution is -0.140. The smallest absolute Gasteiger partial charge is 0.307 e. The van der Waals surface area contributed by atoms with Crippen molar-refractivity contribution in [3.63, 3.8) is 0 Å². The first kappa shape index (κ1) is 15.6. The van der Waals surface area contributed by atoms with Crippen LogP contribution >= 0.6 is 11.6 Å². The van der Waals surface area contributed by atoms with Crippen LogP contribution in [-0.4, -0.2) is 30.1 Å². The molecule has 21 heavy (non-hydrogen) atoms. The Balaban J connectivity index is 1.62. The Morgan fingerprint density at radius 2 is 2.19 bits per heavy atom. The van der Waals surface area contributed by atoms with E-state index < -0.39 is 11.9 Å². The Kier molecular flexibility index (Phi) is 5.07. The van der Waals surface area contributed by atoms with Crippen molar-refractivity contribution in [1.29, 1.82) is 0 Å². The number of ether oxygens (including phenoxy) is 1. The maximum atomic E-state index is 11.6. The van der Waals surface area contributed by atoms with Crippen LogP contribution in [0.1, 0.15) is 18.4 Å². The third kappa shape index (κ3) is 4.36. The molecule has 1 aromatic rings. The molecule has 0 aliphatic heterocycles. The number of aliphatic carboxylic acids is 1. The minimum Gasteiger partial charge on any atom is -0.493 e. The summed E-state index contributed by atoms with van der Waals surface area (Å²) in [5.74, 6) is -1.15. The zero-order chi connectivity index (χ0) is 15.4. The number of hydrogen-bond acceptors (Lipinski definition) is 3. The molecule has 0 heterocycles. The number of aryl methyl sites for hydroxylation is 1. The Labute approximate surface area is 128 Å². The molecule has 1 aliphatic carbocycles. The molecule has 0 bridgehead atoms. The van der Waals surface area contributed by atoms with Gasteiger partial charge in [-0.05, 0) is 43.5 Å². The molecule has 2 rings (SSSR count). The van der Waals surface area contributed by atoms with Crippen LogP contribution in [-0.2, 0) is 9.59 Å². The number of hydrogen-bond donors (Lipinski definition) is 2. The molecule has 6 heteroatoms. The van der Waals surface area contributed by atoms with E-state index in [9.17, 15) is 9.59 Å². The Morgan fingerprint density at radius 1 is 1.43 bits per heavy atom. The fraction of sp³-hybridized carbons (Fsp3) is 0.467. The zero-order valence-electron chi connectivity index (χ0n) is 11.8. The molecule has 1 saturated carbocycles. The quantitative estimate of drug-likeness (QED) is 0.757. The zero-order valence-corrected chi connectivity index (χ0v) is 12.5. The number of nitrogens with one attached hydrogen (secondary N) is 1.